The lowest BCUT2D eigenvalue weighted by Crippen LogP contribution is -2.31. The summed E-state index contributed by atoms with van der Waals surface area (Å²) in [6.07, 6.45) is 0.596. The molecule has 0 saturated heterocycles. The van der Waals surface area contributed by atoms with Crippen LogP contribution in [0.4, 0.5) is 62.8 Å². The number of nitrogens with two attached hydrogens (primary N) is 1. The van der Waals surface area contributed by atoms with Gasteiger partial charge in [0.25, 0.3) is 0 Å². The second kappa shape index (κ2) is 18.2. The number of hydrogen-bond donors (Lipinski definition) is 10. The Morgan fingerprint density at radius 1 is 0.647 bits per heavy atom. The molecule has 2 aromatic heterocycles. The van der Waals surface area contributed by atoms with Crippen molar-refractivity contribution >= 4 is 58.4 Å². The van der Waals surface area contributed by atoms with Crippen LogP contribution >= 0.6 is 0 Å². The van der Waals surface area contributed by atoms with Crippen LogP contribution in [-0.4, -0.2) is 102 Å². The smallest absolute Gasteiger partial charge is 0.233 e. The Morgan fingerprint density at radius 3 is 1.84 bits per heavy atom. The molecule has 18 heteroatoms. The number of nitrogens with zero attached hydrogens (tertiary/aromatic N) is 7. The highest BCUT2D eigenvalue weighted by atomic mass is 19.1. The van der Waals surface area contributed by atoms with Crippen molar-refractivity contribution in [3.8, 4) is 0 Å². The van der Waals surface area contributed by atoms with Crippen molar-refractivity contribution in [2.75, 3.05) is 83.3 Å². The highest BCUT2D eigenvalue weighted by Crippen LogP contribution is 2.22. The van der Waals surface area contributed by atoms with Crippen LogP contribution in [0, 0.1) is 5.82 Å². The largest absolute Gasteiger partial charge is 0.399 e. The Kier molecular flexibility index (Phi) is 12.9. The number of anilines is 10. The minimum absolute atomic E-state index is 0.110. The second-order valence-electron chi connectivity index (χ2n) is 11.1. The van der Waals surface area contributed by atoms with Crippen molar-refractivity contribution < 1.29 is 24.8 Å². The monoisotopic (exact) mass is 701 g/mol. The van der Waals surface area contributed by atoms with E-state index in [-0.39, 0.29) is 75.2 Å². The zero-order valence-electron chi connectivity index (χ0n) is 27.5. The zero-order valence-corrected chi connectivity index (χ0v) is 27.5. The molecule has 0 amide bonds. The van der Waals surface area contributed by atoms with Gasteiger partial charge < -0.3 is 57.6 Å². The van der Waals surface area contributed by atoms with Crippen molar-refractivity contribution in [2.24, 2.45) is 0 Å². The molecular weight excluding hydrogens is 661 g/mol. The predicted molar refractivity (Wildman–Crippen MR) is 193 cm³/mol. The average molecular weight is 702 g/mol. The molecule has 3 aromatic carbocycles. The van der Waals surface area contributed by atoms with E-state index in [9.17, 15) is 24.8 Å². The molecule has 0 fully saturated rings. The molecule has 0 aliphatic rings. The summed E-state index contributed by atoms with van der Waals surface area (Å²) in [7, 11) is 0. The number of aliphatic hydroxyl groups is 4. The molecule has 17 nitrogen and oxygen atoms in total. The third-order valence-electron chi connectivity index (χ3n) is 7.19. The molecule has 2 heterocycles. The van der Waals surface area contributed by atoms with Crippen molar-refractivity contribution in [1.82, 2.24) is 29.9 Å². The van der Waals surface area contributed by atoms with Crippen molar-refractivity contribution in [1.29, 1.82) is 0 Å². The minimum Gasteiger partial charge on any atom is -0.399 e. The van der Waals surface area contributed by atoms with Gasteiger partial charge in [-0.2, -0.15) is 29.9 Å². The topological polar surface area (TPSA) is 248 Å². The number of halogens is 1. The SMILES string of the molecule is Nc1cccc(Nc2nc(Nc3ccc(CCNc4nc(Nc5cccc(F)c5)nc(NC(CO)CO)n4)cc3)nc(N(CCO)CCO)n2)c1. The Balaban J connectivity index is 1.26. The van der Waals surface area contributed by atoms with Crippen LogP contribution in [0.2, 0.25) is 0 Å². The van der Waals surface area contributed by atoms with Crippen molar-refractivity contribution in [3.05, 3.63) is 84.2 Å². The number of aliphatic hydroxyl groups excluding tert-OH is 4. The summed E-state index contributed by atoms with van der Waals surface area (Å²) in [4.78, 5) is 28.2. The Bertz CT molecular complexity index is 1840. The molecule has 0 radical (unpaired) electrons. The summed E-state index contributed by atoms with van der Waals surface area (Å²) in [5, 5.41) is 53.4. The predicted octanol–water partition coefficient (Wildman–Crippen LogP) is 2.22. The molecule has 0 unspecified atom stereocenters. The van der Waals surface area contributed by atoms with E-state index < -0.39 is 11.9 Å². The molecule has 0 saturated carbocycles. The van der Waals surface area contributed by atoms with Crippen LogP contribution in [0.15, 0.2) is 72.8 Å². The maximum atomic E-state index is 13.7. The molecule has 268 valence electrons. The van der Waals surface area contributed by atoms with Gasteiger partial charge in [0.1, 0.15) is 5.82 Å². The normalized spacial score (nSPS) is 10.9. The number of rotatable bonds is 19. The van der Waals surface area contributed by atoms with E-state index in [0.29, 0.717) is 35.7 Å². The van der Waals surface area contributed by atoms with Gasteiger partial charge in [0.05, 0.1) is 32.5 Å². The van der Waals surface area contributed by atoms with Crippen LogP contribution in [0.3, 0.4) is 0 Å². The Labute approximate surface area is 292 Å². The first-order chi connectivity index (χ1) is 24.8. The number of aromatic nitrogens is 6. The number of benzene rings is 3. The third kappa shape index (κ3) is 11.0. The third-order valence-corrected chi connectivity index (χ3v) is 7.19. The van der Waals surface area contributed by atoms with E-state index in [4.69, 9.17) is 5.73 Å². The molecule has 51 heavy (non-hydrogen) atoms. The van der Waals surface area contributed by atoms with E-state index in [1.54, 1.807) is 35.2 Å². The van der Waals surface area contributed by atoms with Gasteiger partial charge in [-0.25, -0.2) is 4.39 Å². The summed E-state index contributed by atoms with van der Waals surface area (Å²) < 4.78 is 13.7. The maximum Gasteiger partial charge on any atom is 0.233 e. The van der Waals surface area contributed by atoms with E-state index in [2.05, 4.69) is 56.5 Å². The average Bonchev–Trinajstić information content (AvgIpc) is 3.11. The Morgan fingerprint density at radius 2 is 1.22 bits per heavy atom. The Hall–Kier alpha value is -5.95. The van der Waals surface area contributed by atoms with Gasteiger partial charge in [-0.05, 0) is 60.5 Å². The highest BCUT2D eigenvalue weighted by Gasteiger charge is 2.15. The molecule has 0 atom stereocenters. The fraction of sp³-hybridized carbons (Fsp3) is 0.273. The maximum absolute atomic E-state index is 13.7. The van der Waals surface area contributed by atoms with Gasteiger partial charge in [0.2, 0.25) is 35.7 Å². The van der Waals surface area contributed by atoms with E-state index >= 15 is 0 Å². The molecule has 11 N–H and O–H groups in total. The van der Waals surface area contributed by atoms with E-state index in [1.807, 2.05) is 30.3 Å². The zero-order chi connectivity index (χ0) is 36.0. The molecule has 0 bridgehead atoms. The van der Waals surface area contributed by atoms with Gasteiger partial charge in [0.15, 0.2) is 0 Å². The summed E-state index contributed by atoms with van der Waals surface area (Å²) in [6, 6.07) is 19.9. The first kappa shape index (κ1) is 36.3. The van der Waals surface area contributed by atoms with Gasteiger partial charge in [-0.1, -0.05) is 24.3 Å². The minimum atomic E-state index is -0.690. The van der Waals surface area contributed by atoms with Gasteiger partial charge in [-0.15, -0.1) is 0 Å². The number of nitrogen functional groups attached to an aromatic ring is 1. The summed E-state index contributed by atoms with van der Waals surface area (Å²) >= 11 is 0. The van der Waals surface area contributed by atoms with Crippen LogP contribution in [0.5, 0.6) is 0 Å². The summed E-state index contributed by atoms with van der Waals surface area (Å²) in [5.74, 6) is 0.791. The molecule has 0 aliphatic carbocycles. The lowest BCUT2D eigenvalue weighted by molar-refractivity contribution is 0.203. The highest BCUT2D eigenvalue weighted by molar-refractivity contribution is 5.62. The van der Waals surface area contributed by atoms with Crippen molar-refractivity contribution in [3.63, 3.8) is 0 Å². The standard InChI is InChI=1S/C33H40FN13O4/c34-22-3-1-5-25(17-22)38-29-41-28(42-30(43-29)40-27(19-50)20-51)36-12-11-21-7-9-24(10-8-21)37-31-44-32(39-26-6-2-4-23(35)18-26)46-33(45-31)47(13-15-48)14-16-49/h1-10,17-18,27,48-51H,11-16,19-20,35H2,(H2,37,39,44,45,46)(H3,36,38,40,41,42,43). The molecule has 5 rings (SSSR count). The quantitative estimate of drug-likeness (QED) is 0.0554. The lowest BCUT2D eigenvalue weighted by atomic mass is 10.1. The summed E-state index contributed by atoms with van der Waals surface area (Å²) in [5.41, 5.74) is 9.31. The molecule has 0 aliphatic heterocycles. The van der Waals surface area contributed by atoms with E-state index in [0.717, 1.165) is 5.56 Å². The molecule has 5 aromatic rings. The molecule has 0 spiro atoms. The second-order valence-corrected chi connectivity index (χ2v) is 11.1. The lowest BCUT2D eigenvalue weighted by Gasteiger charge is -2.21. The number of hydrogen-bond acceptors (Lipinski definition) is 17. The fourth-order valence-corrected chi connectivity index (χ4v) is 4.72. The first-order valence-electron chi connectivity index (χ1n) is 16.1. The van der Waals surface area contributed by atoms with Gasteiger partial charge in [-0.3, -0.25) is 0 Å². The summed E-state index contributed by atoms with van der Waals surface area (Å²) in [6.45, 7) is -0.133. The van der Waals surface area contributed by atoms with Crippen molar-refractivity contribution in [2.45, 2.75) is 12.5 Å². The first-order valence-corrected chi connectivity index (χ1v) is 16.1. The molecular formula is C33H40FN13O4. The van der Waals surface area contributed by atoms with Crippen LogP contribution < -0.4 is 37.2 Å². The van der Waals surface area contributed by atoms with Gasteiger partial charge in [0, 0.05) is 42.4 Å². The van der Waals surface area contributed by atoms with Gasteiger partial charge >= 0.3 is 0 Å². The van der Waals surface area contributed by atoms with Crippen LogP contribution in [-0.2, 0) is 6.42 Å². The van der Waals surface area contributed by atoms with E-state index in [1.165, 1.54) is 12.1 Å². The number of nitrogens with one attached hydrogen (secondary N) is 5. The van der Waals surface area contributed by atoms with Crippen LogP contribution in [0.1, 0.15) is 5.56 Å². The van der Waals surface area contributed by atoms with Crippen LogP contribution in [0.25, 0.3) is 0 Å². The fourth-order valence-electron chi connectivity index (χ4n) is 4.72.